The second kappa shape index (κ2) is 7.13. The minimum absolute atomic E-state index is 0.0419. The zero-order valence-corrected chi connectivity index (χ0v) is 14.2. The van der Waals surface area contributed by atoms with E-state index in [0.29, 0.717) is 12.2 Å². The molecule has 3 rings (SSSR count). The number of likely N-dealkylation sites (tertiary alicyclic amines) is 1. The van der Waals surface area contributed by atoms with E-state index in [0.717, 1.165) is 25.7 Å². The summed E-state index contributed by atoms with van der Waals surface area (Å²) >= 11 is 0. The van der Waals surface area contributed by atoms with Crippen LogP contribution in [0.2, 0.25) is 0 Å². The lowest BCUT2D eigenvalue weighted by Gasteiger charge is -2.24. The van der Waals surface area contributed by atoms with Crippen LogP contribution in [-0.2, 0) is 9.59 Å². The molecule has 25 heavy (non-hydrogen) atoms. The number of anilines is 1. The van der Waals surface area contributed by atoms with Crippen LogP contribution in [0, 0.1) is 5.92 Å². The fourth-order valence-electron chi connectivity index (χ4n) is 3.64. The second-order valence-electron chi connectivity index (χ2n) is 6.59. The normalized spacial score (nSPS) is 20.8. The van der Waals surface area contributed by atoms with Crippen LogP contribution in [0.5, 0.6) is 5.75 Å². The number of hydrogen-bond donors (Lipinski definition) is 2. The molecule has 1 saturated carbocycles. The van der Waals surface area contributed by atoms with Gasteiger partial charge in [-0.1, -0.05) is 12.8 Å². The van der Waals surface area contributed by atoms with E-state index < -0.39 is 11.9 Å². The number of methoxy groups -OCH3 is 1. The van der Waals surface area contributed by atoms with E-state index in [4.69, 9.17) is 9.84 Å². The van der Waals surface area contributed by atoms with Crippen LogP contribution in [0.3, 0.4) is 0 Å². The second-order valence-corrected chi connectivity index (χ2v) is 6.59. The highest BCUT2D eigenvalue weighted by Gasteiger charge is 2.38. The number of rotatable bonds is 5. The number of benzene rings is 1. The van der Waals surface area contributed by atoms with Crippen LogP contribution in [0.15, 0.2) is 18.2 Å². The molecule has 7 nitrogen and oxygen atoms in total. The maximum atomic E-state index is 12.5. The van der Waals surface area contributed by atoms with Gasteiger partial charge in [0.25, 0.3) is 0 Å². The molecule has 1 aliphatic heterocycles. The van der Waals surface area contributed by atoms with E-state index in [-0.39, 0.29) is 35.6 Å². The van der Waals surface area contributed by atoms with Crippen molar-refractivity contribution in [2.45, 2.75) is 38.1 Å². The van der Waals surface area contributed by atoms with E-state index in [1.165, 1.54) is 25.3 Å². The predicted molar refractivity (Wildman–Crippen MR) is 90.7 cm³/mol. The van der Waals surface area contributed by atoms with Gasteiger partial charge in [-0.3, -0.25) is 9.59 Å². The molecule has 0 bridgehead atoms. The third kappa shape index (κ3) is 3.60. The molecule has 0 aromatic heterocycles. The maximum absolute atomic E-state index is 12.5. The number of nitrogens with zero attached hydrogens (tertiary/aromatic N) is 1. The number of carboxylic acids is 1. The maximum Gasteiger partial charge on any atom is 0.335 e. The van der Waals surface area contributed by atoms with Gasteiger partial charge in [-0.2, -0.15) is 0 Å². The summed E-state index contributed by atoms with van der Waals surface area (Å²) in [6, 6.07) is 4.55. The summed E-state index contributed by atoms with van der Waals surface area (Å²) < 4.78 is 5.17. The van der Waals surface area contributed by atoms with Gasteiger partial charge in [0.1, 0.15) is 5.75 Å². The van der Waals surface area contributed by atoms with Crippen LogP contribution < -0.4 is 10.1 Å². The number of amides is 2. The average Bonchev–Trinajstić information content (AvgIpc) is 3.24. The Kier molecular flexibility index (Phi) is 4.92. The first-order valence-electron chi connectivity index (χ1n) is 8.51. The minimum Gasteiger partial charge on any atom is -0.495 e. The van der Waals surface area contributed by atoms with Crippen molar-refractivity contribution >= 4 is 23.5 Å². The van der Waals surface area contributed by atoms with Gasteiger partial charge in [-0.15, -0.1) is 0 Å². The van der Waals surface area contributed by atoms with Crippen molar-refractivity contribution in [3.63, 3.8) is 0 Å². The molecular weight excluding hydrogens is 324 g/mol. The minimum atomic E-state index is -1.07. The summed E-state index contributed by atoms with van der Waals surface area (Å²) in [7, 11) is 1.41. The molecule has 1 unspecified atom stereocenters. The molecule has 1 aromatic carbocycles. The Bertz CT molecular complexity index is 697. The lowest BCUT2D eigenvalue weighted by atomic mass is 10.1. The molecule has 2 N–H and O–H groups in total. The SMILES string of the molecule is COc1cc(C(=O)O)ccc1NC(=O)C1CC(=O)N(C2CCCC2)C1. The fourth-order valence-corrected chi connectivity index (χ4v) is 3.64. The van der Waals surface area contributed by atoms with Crippen LogP contribution in [0.4, 0.5) is 5.69 Å². The fraction of sp³-hybridized carbons (Fsp3) is 0.500. The first-order valence-corrected chi connectivity index (χ1v) is 8.51. The van der Waals surface area contributed by atoms with E-state index in [9.17, 15) is 14.4 Å². The van der Waals surface area contributed by atoms with Gasteiger partial charge in [-0.05, 0) is 31.0 Å². The highest BCUT2D eigenvalue weighted by molar-refractivity contribution is 5.99. The van der Waals surface area contributed by atoms with E-state index >= 15 is 0 Å². The van der Waals surface area contributed by atoms with Crippen molar-refractivity contribution in [3.05, 3.63) is 23.8 Å². The standard InChI is InChI=1S/C18H22N2O5/c1-25-15-8-11(18(23)24)6-7-14(15)19-17(22)12-9-16(21)20(10-12)13-4-2-3-5-13/h6-8,12-13H,2-5,9-10H2,1H3,(H,19,22)(H,23,24). The van der Waals surface area contributed by atoms with Gasteiger partial charge in [0.15, 0.2) is 0 Å². The monoisotopic (exact) mass is 346 g/mol. The van der Waals surface area contributed by atoms with Crippen molar-refractivity contribution in [2.24, 2.45) is 5.92 Å². The molecule has 0 spiro atoms. The summed E-state index contributed by atoms with van der Waals surface area (Å²) in [4.78, 5) is 37.6. The van der Waals surface area contributed by atoms with Crippen LogP contribution in [0.25, 0.3) is 0 Å². The first kappa shape index (κ1) is 17.3. The molecule has 2 aliphatic rings. The van der Waals surface area contributed by atoms with E-state index in [1.807, 2.05) is 4.90 Å². The lowest BCUT2D eigenvalue weighted by molar-refractivity contribution is -0.129. The summed E-state index contributed by atoms with van der Waals surface area (Å²) in [5, 5.41) is 11.8. The Hall–Kier alpha value is -2.57. The zero-order valence-electron chi connectivity index (χ0n) is 14.2. The van der Waals surface area contributed by atoms with Gasteiger partial charge in [0, 0.05) is 19.0 Å². The predicted octanol–water partition coefficient (Wildman–Crippen LogP) is 2.12. The highest BCUT2D eigenvalue weighted by Crippen LogP contribution is 2.31. The van der Waals surface area contributed by atoms with Crippen molar-refractivity contribution < 1.29 is 24.2 Å². The Morgan fingerprint density at radius 3 is 2.64 bits per heavy atom. The van der Waals surface area contributed by atoms with Gasteiger partial charge in [-0.25, -0.2) is 4.79 Å². The third-order valence-corrected chi connectivity index (χ3v) is 5.00. The van der Waals surface area contributed by atoms with Crippen molar-refractivity contribution in [2.75, 3.05) is 19.0 Å². The van der Waals surface area contributed by atoms with Crippen molar-refractivity contribution in [1.82, 2.24) is 4.90 Å². The van der Waals surface area contributed by atoms with Gasteiger partial charge in [0.05, 0.1) is 24.3 Å². The number of aromatic carboxylic acids is 1. The topological polar surface area (TPSA) is 95.9 Å². The van der Waals surface area contributed by atoms with Crippen LogP contribution in [0.1, 0.15) is 42.5 Å². The number of ether oxygens (including phenoxy) is 1. The molecule has 2 amide bonds. The average molecular weight is 346 g/mol. The lowest BCUT2D eigenvalue weighted by Crippen LogP contribution is -2.35. The third-order valence-electron chi connectivity index (χ3n) is 5.00. The molecule has 1 atom stereocenters. The molecule has 1 heterocycles. The molecule has 1 saturated heterocycles. The van der Waals surface area contributed by atoms with E-state index in [2.05, 4.69) is 5.32 Å². The van der Waals surface area contributed by atoms with Gasteiger partial charge < -0.3 is 20.1 Å². The Labute approximate surface area is 146 Å². The summed E-state index contributed by atoms with van der Waals surface area (Å²) in [5.41, 5.74) is 0.488. The van der Waals surface area contributed by atoms with Gasteiger partial charge in [0.2, 0.25) is 11.8 Å². The molecule has 134 valence electrons. The van der Waals surface area contributed by atoms with Crippen molar-refractivity contribution in [1.29, 1.82) is 0 Å². The van der Waals surface area contributed by atoms with E-state index in [1.54, 1.807) is 0 Å². The Balaban J connectivity index is 1.68. The number of carbonyl (C=O) groups is 3. The number of carbonyl (C=O) groups excluding carboxylic acids is 2. The first-order chi connectivity index (χ1) is 12.0. The number of hydrogen-bond acceptors (Lipinski definition) is 4. The summed E-state index contributed by atoms with van der Waals surface area (Å²) in [6.45, 7) is 0.449. The molecule has 1 aromatic rings. The molecule has 1 aliphatic carbocycles. The zero-order chi connectivity index (χ0) is 18.0. The molecule has 2 fully saturated rings. The number of carboxylic acid groups (broad SMARTS) is 1. The molecule has 7 heteroatoms. The number of nitrogens with one attached hydrogen (secondary N) is 1. The summed E-state index contributed by atoms with van der Waals surface area (Å²) in [5.74, 6) is -1.37. The quantitative estimate of drug-likeness (QED) is 0.851. The van der Waals surface area contributed by atoms with Gasteiger partial charge >= 0.3 is 5.97 Å². The smallest absolute Gasteiger partial charge is 0.335 e. The Morgan fingerprint density at radius 2 is 2.00 bits per heavy atom. The largest absolute Gasteiger partial charge is 0.495 e. The summed E-state index contributed by atoms with van der Waals surface area (Å²) in [6.07, 6.45) is 4.53. The van der Waals surface area contributed by atoms with Crippen LogP contribution >= 0.6 is 0 Å². The van der Waals surface area contributed by atoms with Crippen LogP contribution in [-0.4, -0.2) is 47.5 Å². The molecular formula is C18H22N2O5. The van der Waals surface area contributed by atoms with Crippen molar-refractivity contribution in [3.8, 4) is 5.75 Å². The Morgan fingerprint density at radius 1 is 1.28 bits per heavy atom. The highest BCUT2D eigenvalue weighted by atomic mass is 16.5. The molecule has 0 radical (unpaired) electrons.